The summed E-state index contributed by atoms with van der Waals surface area (Å²) in [5, 5.41) is 3.10. The summed E-state index contributed by atoms with van der Waals surface area (Å²) in [6.45, 7) is 2.76. The predicted molar refractivity (Wildman–Crippen MR) is 72.2 cm³/mol. The monoisotopic (exact) mass is 262 g/mol. The molecule has 2 amide bonds. The zero-order chi connectivity index (χ0) is 13.8. The van der Waals surface area contributed by atoms with Gasteiger partial charge in [0, 0.05) is 0 Å². The molecule has 1 aliphatic heterocycles. The molecule has 1 saturated heterocycles. The van der Waals surface area contributed by atoms with Crippen molar-refractivity contribution in [2.75, 3.05) is 18.6 Å². The molecule has 5 nitrogen and oxygen atoms in total. The number of amides is 2. The first kappa shape index (κ1) is 13.5. The quantitative estimate of drug-likeness (QED) is 0.813. The van der Waals surface area contributed by atoms with E-state index in [-0.39, 0.29) is 18.2 Å². The zero-order valence-electron chi connectivity index (χ0n) is 11.2. The summed E-state index contributed by atoms with van der Waals surface area (Å²) < 4.78 is 5.06. The van der Waals surface area contributed by atoms with Crippen LogP contribution in [0.4, 0.5) is 5.69 Å². The van der Waals surface area contributed by atoms with Gasteiger partial charge >= 0.3 is 0 Å². The summed E-state index contributed by atoms with van der Waals surface area (Å²) in [4.78, 5) is 25.4. The Morgan fingerprint density at radius 3 is 2.58 bits per heavy atom. The number of methoxy groups -OCH3 is 1. The number of imide groups is 1. The van der Waals surface area contributed by atoms with Crippen LogP contribution in [0.2, 0.25) is 0 Å². The highest BCUT2D eigenvalue weighted by Gasteiger charge is 2.38. The van der Waals surface area contributed by atoms with Gasteiger partial charge in [-0.1, -0.05) is 6.92 Å². The average molecular weight is 262 g/mol. The van der Waals surface area contributed by atoms with E-state index in [9.17, 15) is 9.59 Å². The molecule has 0 saturated carbocycles. The van der Waals surface area contributed by atoms with Crippen molar-refractivity contribution in [2.24, 2.45) is 0 Å². The summed E-state index contributed by atoms with van der Waals surface area (Å²) >= 11 is 0. The van der Waals surface area contributed by atoms with Crippen molar-refractivity contribution in [1.29, 1.82) is 0 Å². The normalized spacial score (nSPS) is 19.1. The number of nitrogens with zero attached hydrogens (tertiary/aromatic N) is 1. The van der Waals surface area contributed by atoms with E-state index in [1.165, 1.54) is 4.90 Å². The Labute approximate surface area is 112 Å². The molecule has 1 fully saturated rings. The Balaban J connectivity index is 2.14. The number of anilines is 1. The fraction of sp³-hybridized carbons (Fsp3) is 0.429. The molecule has 1 aromatic carbocycles. The Hall–Kier alpha value is -1.88. The fourth-order valence-electron chi connectivity index (χ4n) is 2.11. The molecule has 0 bridgehead atoms. The van der Waals surface area contributed by atoms with E-state index in [0.717, 1.165) is 13.0 Å². The molecule has 1 aromatic rings. The van der Waals surface area contributed by atoms with Crippen LogP contribution >= 0.6 is 0 Å². The van der Waals surface area contributed by atoms with Crippen LogP contribution in [-0.4, -0.2) is 31.5 Å². The maximum Gasteiger partial charge on any atom is 0.251 e. The van der Waals surface area contributed by atoms with Gasteiger partial charge in [0.15, 0.2) is 0 Å². The molecule has 0 aliphatic carbocycles. The lowest BCUT2D eigenvalue weighted by molar-refractivity contribution is -0.121. The van der Waals surface area contributed by atoms with Gasteiger partial charge < -0.3 is 10.1 Å². The lowest BCUT2D eigenvalue weighted by atomic mass is 10.2. The van der Waals surface area contributed by atoms with Gasteiger partial charge in [-0.05, 0) is 37.2 Å². The van der Waals surface area contributed by atoms with Gasteiger partial charge in [0.25, 0.3) is 5.91 Å². The van der Waals surface area contributed by atoms with Gasteiger partial charge in [0.05, 0.1) is 25.3 Å². The Kier molecular flexibility index (Phi) is 4.16. The molecule has 102 valence electrons. The Morgan fingerprint density at radius 1 is 1.32 bits per heavy atom. The maximum absolute atomic E-state index is 12.2. The van der Waals surface area contributed by atoms with Crippen molar-refractivity contribution in [1.82, 2.24) is 5.32 Å². The number of carbonyl (C=O) groups is 2. The van der Waals surface area contributed by atoms with Crippen molar-refractivity contribution >= 4 is 17.5 Å². The largest absolute Gasteiger partial charge is 0.497 e. The van der Waals surface area contributed by atoms with Gasteiger partial charge in [-0.15, -0.1) is 0 Å². The first-order chi connectivity index (χ1) is 9.17. The number of hydrogen-bond donors (Lipinski definition) is 1. The number of benzene rings is 1. The standard InChI is InChI=1S/C14H18N2O3/c1-3-8-15-12-9-13(17)16(14(12)18)10-4-6-11(19-2)7-5-10/h4-7,12,15H,3,8-9H2,1-2H3/t12-/m1/s1. The first-order valence-electron chi connectivity index (χ1n) is 6.41. The van der Waals surface area contributed by atoms with Crippen LogP contribution in [0.3, 0.4) is 0 Å². The molecular weight excluding hydrogens is 244 g/mol. The SMILES string of the molecule is CCCN[C@@H]1CC(=O)N(c2ccc(OC)cc2)C1=O. The average Bonchev–Trinajstić information content (AvgIpc) is 2.71. The van der Waals surface area contributed by atoms with E-state index in [2.05, 4.69) is 5.32 Å². The van der Waals surface area contributed by atoms with Crippen molar-refractivity contribution in [3.8, 4) is 5.75 Å². The van der Waals surface area contributed by atoms with Crippen molar-refractivity contribution in [3.05, 3.63) is 24.3 Å². The van der Waals surface area contributed by atoms with Gasteiger partial charge in [0.2, 0.25) is 5.91 Å². The minimum atomic E-state index is -0.394. The van der Waals surface area contributed by atoms with Crippen LogP contribution < -0.4 is 15.0 Å². The molecule has 1 atom stereocenters. The molecule has 0 spiro atoms. The number of rotatable bonds is 5. The summed E-state index contributed by atoms with van der Waals surface area (Å²) in [6.07, 6.45) is 1.16. The van der Waals surface area contributed by atoms with E-state index in [0.29, 0.717) is 11.4 Å². The highest BCUT2D eigenvalue weighted by Crippen LogP contribution is 2.25. The molecule has 5 heteroatoms. The molecule has 19 heavy (non-hydrogen) atoms. The van der Waals surface area contributed by atoms with Crippen LogP contribution in [0.15, 0.2) is 24.3 Å². The second-order valence-corrected chi connectivity index (χ2v) is 4.48. The third kappa shape index (κ3) is 2.76. The van der Waals surface area contributed by atoms with Crippen LogP contribution in [0.25, 0.3) is 0 Å². The molecular formula is C14H18N2O3. The zero-order valence-corrected chi connectivity index (χ0v) is 11.2. The number of hydrogen-bond acceptors (Lipinski definition) is 4. The minimum Gasteiger partial charge on any atom is -0.497 e. The van der Waals surface area contributed by atoms with E-state index < -0.39 is 6.04 Å². The van der Waals surface area contributed by atoms with Gasteiger partial charge in [-0.3, -0.25) is 9.59 Å². The molecule has 1 N–H and O–H groups in total. The number of nitrogens with one attached hydrogen (secondary N) is 1. The van der Waals surface area contributed by atoms with E-state index in [4.69, 9.17) is 4.74 Å². The van der Waals surface area contributed by atoms with Crippen LogP contribution in [0.5, 0.6) is 5.75 Å². The lowest BCUT2D eigenvalue weighted by Crippen LogP contribution is -2.39. The predicted octanol–water partition coefficient (Wildman–Crippen LogP) is 1.33. The highest BCUT2D eigenvalue weighted by atomic mass is 16.5. The first-order valence-corrected chi connectivity index (χ1v) is 6.41. The van der Waals surface area contributed by atoms with E-state index in [1.54, 1.807) is 31.4 Å². The van der Waals surface area contributed by atoms with Crippen LogP contribution in [-0.2, 0) is 9.59 Å². The van der Waals surface area contributed by atoms with Gasteiger partial charge in [-0.25, -0.2) is 4.90 Å². The molecule has 0 radical (unpaired) electrons. The molecule has 0 unspecified atom stereocenters. The van der Waals surface area contributed by atoms with Crippen molar-refractivity contribution in [2.45, 2.75) is 25.8 Å². The minimum absolute atomic E-state index is 0.163. The van der Waals surface area contributed by atoms with E-state index >= 15 is 0 Å². The summed E-state index contributed by atoms with van der Waals surface area (Å²) in [5.74, 6) is 0.357. The van der Waals surface area contributed by atoms with Gasteiger partial charge in [0.1, 0.15) is 5.75 Å². The summed E-state index contributed by atoms with van der Waals surface area (Å²) in [6, 6.07) is 6.52. The Bertz CT molecular complexity index is 470. The summed E-state index contributed by atoms with van der Waals surface area (Å²) in [7, 11) is 1.58. The summed E-state index contributed by atoms with van der Waals surface area (Å²) in [5.41, 5.74) is 0.594. The second kappa shape index (κ2) is 5.84. The van der Waals surface area contributed by atoms with Crippen LogP contribution in [0, 0.1) is 0 Å². The fourth-order valence-corrected chi connectivity index (χ4v) is 2.11. The molecule has 1 heterocycles. The highest BCUT2D eigenvalue weighted by molar-refractivity contribution is 6.22. The van der Waals surface area contributed by atoms with Gasteiger partial charge in [-0.2, -0.15) is 0 Å². The third-order valence-corrected chi connectivity index (χ3v) is 3.12. The van der Waals surface area contributed by atoms with Crippen LogP contribution in [0.1, 0.15) is 19.8 Å². The van der Waals surface area contributed by atoms with Crippen molar-refractivity contribution < 1.29 is 14.3 Å². The molecule has 2 rings (SSSR count). The van der Waals surface area contributed by atoms with Crippen molar-refractivity contribution in [3.63, 3.8) is 0 Å². The number of ether oxygens (including phenoxy) is 1. The Morgan fingerprint density at radius 2 is 2.00 bits per heavy atom. The third-order valence-electron chi connectivity index (χ3n) is 3.12. The molecule has 0 aromatic heterocycles. The topological polar surface area (TPSA) is 58.6 Å². The smallest absolute Gasteiger partial charge is 0.251 e. The van der Waals surface area contributed by atoms with E-state index in [1.807, 2.05) is 6.92 Å². The second-order valence-electron chi connectivity index (χ2n) is 4.48. The number of carbonyl (C=O) groups excluding carboxylic acids is 2. The molecule has 1 aliphatic rings. The maximum atomic E-state index is 12.2. The lowest BCUT2D eigenvalue weighted by Gasteiger charge is -2.15.